The summed E-state index contributed by atoms with van der Waals surface area (Å²) >= 11 is 6.33. The fraction of sp³-hybridized carbons (Fsp3) is 0.379. The lowest BCUT2D eigenvalue weighted by Gasteiger charge is -2.37. The fourth-order valence-electron chi connectivity index (χ4n) is 5.18. The zero-order valence-electron chi connectivity index (χ0n) is 22.1. The molecule has 2 N–H and O–H groups in total. The lowest BCUT2D eigenvalue weighted by molar-refractivity contribution is 0.229. The van der Waals surface area contributed by atoms with Crippen molar-refractivity contribution in [1.82, 2.24) is 19.9 Å². The number of aryl methyl sites for hydroxylation is 2. The van der Waals surface area contributed by atoms with E-state index >= 15 is 0 Å². The van der Waals surface area contributed by atoms with Crippen LogP contribution in [0.15, 0.2) is 47.0 Å². The van der Waals surface area contributed by atoms with Gasteiger partial charge in [0.1, 0.15) is 11.6 Å². The molecule has 1 fully saturated rings. The molecule has 0 saturated carbocycles. The number of pyridine rings is 1. The van der Waals surface area contributed by atoms with Gasteiger partial charge in [0.05, 0.1) is 11.2 Å². The van der Waals surface area contributed by atoms with Crippen molar-refractivity contribution in [2.75, 3.05) is 64.0 Å². The van der Waals surface area contributed by atoms with Crippen molar-refractivity contribution in [3.63, 3.8) is 0 Å². The van der Waals surface area contributed by atoms with Crippen molar-refractivity contribution in [2.24, 2.45) is 0 Å². The Kier molecular flexibility index (Phi) is 7.38. The van der Waals surface area contributed by atoms with Gasteiger partial charge in [0, 0.05) is 72.9 Å². The Morgan fingerprint density at radius 3 is 2.51 bits per heavy atom. The third-order valence-electron chi connectivity index (χ3n) is 7.24. The zero-order valence-corrected chi connectivity index (χ0v) is 22.8. The maximum Gasteiger partial charge on any atom is 0.141 e. The molecule has 1 aliphatic heterocycles. The van der Waals surface area contributed by atoms with Gasteiger partial charge in [0.15, 0.2) is 0 Å². The summed E-state index contributed by atoms with van der Waals surface area (Å²) in [4.78, 5) is 12.3. The highest BCUT2D eigenvalue weighted by Crippen LogP contribution is 2.37. The van der Waals surface area contributed by atoms with Crippen LogP contribution in [0.2, 0.25) is 5.02 Å². The number of anilines is 2. The molecule has 2 aromatic heterocycles. The predicted molar refractivity (Wildman–Crippen MR) is 153 cm³/mol. The van der Waals surface area contributed by atoms with E-state index in [1.54, 1.807) is 0 Å². The highest BCUT2D eigenvalue weighted by atomic mass is 35.5. The first-order valence-electron chi connectivity index (χ1n) is 12.8. The molecule has 0 radical (unpaired) electrons. The second kappa shape index (κ2) is 10.7. The lowest BCUT2D eigenvalue weighted by Crippen LogP contribution is -2.48. The summed E-state index contributed by atoms with van der Waals surface area (Å²) in [7, 11) is 4.24. The highest BCUT2D eigenvalue weighted by Gasteiger charge is 2.24. The molecule has 7 nitrogen and oxygen atoms in total. The van der Waals surface area contributed by atoms with Crippen LogP contribution in [0, 0.1) is 13.8 Å². The molecule has 1 saturated heterocycles. The summed E-state index contributed by atoms with van der Waals surface area (Å²) in [5, 5.41) is 5.80. The Morgan fingerprint density at radius 1 is 1.05 bits per heavy atom. The second-order valence-electron chi connectivity index (χ2n) is 10.2. The first-order chi connectivity index (χ1) is 17.8. The number of rotatable bonds is 7. The Labute approximate surface area is 223 Å². The molecule has 0 bridgehead atoms. The van der Waals surface area contributed by atoms with E-state index in [1.165, 1.54) is 0 Å². The Morgan fingerprint density at radius 2 is 1.84 bits per heavy atom. The minimum atomic E-state index is 0.668. The average molecular weight is 519 g/mol. The van der Waals surface area contributed by atoms with Gasteiger partial charge in [-0.05, 0) is 63.3 Å². The smallest absolute Gasteiger partial charge is 0.141 e. The first-order valence-corrected chi connectivity index (χ1v) is 13.2. The van der Waals surface area contributed by atoms with Gasteiger partial charge < -0.3 is 20.1 Å². The van der Waals surface area contributed by atoms with Crippen molar-refractivity contribution >= 4 is 34.0 Å². The third-order valence-corrected chi connectivity index (χ3v) is 7.47. The van der Waals surface area contributed by atoms with Gasteiger partial charge in [-0.3, -0.25) is 4.90 Å². The molecule has 194 valence electrons. The van der Waals surface area contributed by atoms with E-state index in [1.807, 2.05) is 32.0 Å². The van der Waals surface area contributed by atoms with Crippen molar-refractivity contribution in [1.29, 1.82) is 0 Å². The van der Waals surface area contributed by atoms with Gasteiger partial charge in [-0.25, -0.2) is 4.98 Å². The zero-order chi connectivity index (χ0) is 26.1. The molecule has 8 heteroatoms. The largest absolute Gasteiger partial charge is 0.398 e. The van der Waals surface area contributed by atoms with E-state index in [0.29, 0.717) is 6.42 Å². The molecular weight excluding hydrogens is 484 g/mol. The number of benzene rings is 2. The van der Waals surface area contributed by atoms with Crippen LogP contribution >= 0.6 is 11.6 Å². The Balaban J connectivity index is 1.55. The number of nitrogens with zero attached hydrogens (tertiary/aromatic N) is 5. The molecule has 0 spiro atoms. The number of fused-ring (bicyclic) bond motifs is 1. The molecule has 4 aromatic rings. The number of halogens is 1. The maximum atomic E-state index is 6.96. The van der Waals surface area contributed by atoms with Crippen molar-refractivity contribution in [2.45, 2.75) is 20.3 Å². The normalized spacial score (nSPS) is 14.7. The predicted octanol–water partition coefficient (Wildman–Crippen LogP) is 5.02. The molecule has 0 unspecified atom stereocenters. The monoisotopic (exact) mass is 518 g/mol. The summed E-state index contributed by atoms with van der Waals surface area (Å²) in [5.41, 5.74) is 13.7. The van der Waals surface area contributed by atoms with Crippen LogP contribution in [0.25, 0.3) is 22.0 Å². The van der Waals surface area contributed by atoms with Crippen LogP contribution in [-0.4, -0.2) is 73.3 Å². The third kappa shape index (κ3) is 5.44. The molecule has 1 aliphatic rings. The SMILES string of the molecule is Cc1noc(C)c1-c1ccc2nc(N3CCN(CCN(C)C)CC3)c(Cc3cccc(Cl)c3)c(N)c2c1. The topological polar surface area (TPSA) is 74.7 Å². The van der Waals surface area contributed by atoms with Crippen LogP contribution in [0.4, 0.5) is 11.5 Å². The second-order valence-corrected chi connectivity index (χ2v) is 10.6. The Hall–Kier alpha value is -3.13. The van der Waals surface area contributed by atoms with E-state index < -0.39 is 0 Å². The molecule has 5 rings (SSSR count). The van der Waals surface area contributed by atoms with E-state index in [-0.39, 0.29) is 0 Å². The van der Waals surface area contributed by atoms with Crippen LogP contribution in [0.5, 0.6) is 0 Å². The maximum absolute atomic E-state index is 6.96. The summed E-state index contributed by atoms with van der Waals surface area (Å²) < 4.78 is 5.42. The minimum Gasteiger partial charge on any atom is -0.398 e. The van der Waals surface area contributed by atoms with E-state index in [9.17, 15) is 0 Å². The summed E-state index contributed by atoms with van der Waals surface area (Å²) in [5.74, 6) is 1.77. The van der Waals surface area contributed by atoms with E-state index in [2.05, 4.69) is 58.2 Å². The Bertz CT molecular complexity index is 1390. The molecule has 37 heavy (non-hydrogen) atoms. The number of piperazine rings is 1. The quantitative estimate of drug-likeness (QED) is 0.368. The van der Waals surface area contributed by atoms with Gasteiger partial charge in [-0.2, -0.15) is 0 Å². The van der Waals surface area contributed by atoms with Crippen LogP contribution in [0.3, 0.4) is 0 Å². The fourth-order valence-corrected chi connectivity index (χ4v) is 5.39. The van der Waals surface area contributed by atoms with Crippen molar-refractivity contribution in [3.05, 3.63) is 70.1 Å². The molecule has 0 aliphatic carbocycles. The minimum absolute atomic E-state index is 0.668. The standard InChI is InChI=1S/C29H35ClN6O/c1-19-27(20(2)37-33-19)22-8-9-26-24(18-22)28(31)25(17-21-6-5-7-23(30)16-21)29(32-26)36-14-12-35(13-15-36)11-10-34(3)4/h5-9,16,18H,10-15,17H2,1-4H3,(H2,31,32). The number of nitrogens with two attached hydrogens (primary N) is 1. The molecular formula is C29H35ClN6O. The average Bonchev–Trinajstić information content (AvgIpc) is 3.22. The van der Waals surface area contributed by atoms with Crippen LogP contribution in [-0.2, 0) is 6.42 Å². The van der Waals surface area contributed by atoms with Crippen LogP contribution in [0.1, 0.15) is 22.6 Å². The number of nitrogen functional groups attached to an aromatic ring is 1. The number of hydrogen-bond acceptors (Lipinski definition) is 7. The first kappa shape index (κ1) is 25.5. The molecule has 2 aromatic carbocycles. The van der Waals surface area contributed by atoms with Crippen molar-refractivity contribution < 1.29 is 4.52 Å². The number of aromatic nitrogens is 2. The van der Waals surface area contributed by atoms with E-state index in [0.717, 1.165) is 100 Å². The number of hydrogen-bond donors (Lipinski definition) is 1. The van der Waals surface area contributed by atoms with E-state index in [4.69, 9.17) is 26.8 Å². The van der Waals surface area contributed by atoms with Gasteiger partial charge in [0.2, 0.25) is 0 Å². The molecule has 0 amide bonds. The van der Waals surface area contributed by atoms with Gasteiger partial charge in [0.25, 0.3) is 0 Å². The summed E-state index contributed by atoms with van der Waals surface area (Å²) in [6, 6.07) is 14.3. The summed E-state index contributed by atoms with van der Waals surface area (Å²) in [6.07, 6.45) is 0.668. The van der Waals surface area contributed by atoms with Crippen molar-refractivity contribution in [3.8, 4) is 11.1 Å². The van der Waals surface area contributed by atoms with Crippen LogP contribution < -0.4 is 10.6 Å². The molecule has 3 heterocycles. The lowest BCUT2D eigenvalue weighted by atomic mass is 9.97. The van der Waals surface area contributed by atoms with Gasteiger partial charge in [-0.1, -0.05) is 35.0 Å². The highest BCUT2D eigenvalue weighted by molar-refractivity contribution is 6.30. The summed E-state index contributed by atoms with van der Waals surface area (Å²) in [6.45, 7) is 9.90. The molecule has 0 atom stereocenters. The van der Waals surface area contributed by atoms with Gasteiger partial charge in [-0.15, -0.1) is 0 Å². The van der Waals surface area contributed by atoms with Gasteiger partial charge >= 0.3 is 0 Å². The number of likely N-dealkylation sites (N-methyl/N-ethyl adjacent to an activating group) is 1.